The SMILES string of the molecule is CO[C@]1(C2(C)OCCO2)CCC2C3CCC4=C(CCC5(C4)OCCO5)C3=CC[C@@]21C. The van der Waals surface area contributed by atoms with Gasteiger partial charge in [-0.05, 0) is 68.4 Å². The Morgan fingerprint density at radius 2 is 1.67 bits per heavy atom. The van der Waals surface area contributed by atoms with Gasteiger partial charge in [0.15, 0.2) is 11.6 Å². The fraction of sp³-hybridized carbons (Fsp3) is 0.840. The van der Waals surface area contributed by atoms with Gasteiger partial charge in [0.2, 0.25) is 0 Å². The lowest BCUT2D eigenvalue weighted by Crippen LogP contribution is -2.63. The van der Waals surface area contributed by atoms with Crippen molar-refractivity contribution >= 4 is 0 Å². The molecule has 3 fully saturated rings. The normalized spacial score (nSPS) is 44.0. The molecule has 2 unspecified atom stereocenters. The van der Waals surface area contributed by atoms with Crippen molar-refractivity contribution in [2.75, 3.05) is 33.5 Å². The van der Waals surface area contributed by atoms with Gasteiger partial charge in [-0.1, -0.05) is 18.6 Å². The van der Waals surface area contributed by atoms with Crippen LogP contribution in [0.25, 0.3) is 0 Å². The summed E-state index contributed by atoms with van der Waals surface area (Å²) in [5, 5.41) is 0. The Hall–Kier alpha value is -0.720. The Kier molecular flexibility index (Phi) is 4.41. The van der Waals surface area contributed by atoms with Crippen molar-refractivity contribution in [1.82, 2.24) is 0 Å². The van der Waals surface area contributed by atoms with E-state index in [1.807, 2.05) is 7.11 Å². The highest BCUT2D eigenvalue weighted by atomic mass is 16.8. The second-order valence-electron chi connectivity index (χ2n) is 10.6. The molecule has 2 heterocycles. The zero-order valence-electron chi connectivity index (χ0n) is 18.8. The molecule has 2 aliphatic heterocycles. The number of fused-ring (bicyclic) bond motifs is 4. The van der Waals surface area contributed by atoms with Crippen LogP contribution < -0.4 is 0 Å². The minimum absolute atomic E-state index is 0.0284. The molecule has 5 nitrogen and oxygen atoms in total. The molecule has 0 radical (unpaired) electrons. The third kappa shape index (κ3) is 2.42. The lowest BCUT2D eigenvalue weighted by atomic mass is 9.55. The topological polar surface area (TPSA) is 46.2 Å². The molecule has 1 spiro atoms. The molecular formula is C25H36O5. The van der Waals surface area contributed by atoms with Crippen molar-refractivity contribution in [2.45, 2.75) is 82.4 Å². The summed E-state index contributed by atoms with van der Waals surface area (Å²) in [6, 6.07) is 0. The van der Waals surface area contributed by atoms with E-state index in [0.29, 0.717) is 25.0 Å². The maximum Gasteiger partial charge on any atom is 0.195 e. The first kappa shape index (κ1) is 19.9. The summed E-state index contributed by atoms with van der Waals surface area (Å²) in [6.45, 7) is 7.37. The summed E-state index contributed by atoms with van der Waals surface area (Å²) >= 11 is 0. The number of hydrogen-bond donors (Lipinski definition) is 0. The molecule has 6 rings (SSSR count). The van der Waals surface area contributed by atoms with E-state index >= 15 is 0 Å². The minimum atomic E-state index is -0.649. The summed E-state index contributed by atoms with van der Waals surface area (Å²) in [7, 11) is 1.87. The second kappa shape index (κ2) is 6.64. The summed E-state index contributed by atoms with van der Waals surface area (Å²) in [4.78, 5) is 0. The van der Waals surface area contributed by atoms with Gasteiger partial charge in [-0.25, -0.2) is 0 Å². The van der Waals surface area contributed by atoms with E-state index < -0.39 is 5.79 Å². The van der Waals surface area contributed by atoms with Crippen LogP contribution in [0.3, 0.4) is 0 Å². The first-order valence-corrected chi connectivity index (χ1v) is 12.0. The van der Waals surface area contributed by atoms with Crippen molar-refractivity contribution in [1.29, 1.82) is 0 Å². The molecule has 0 aromatic rings. The van der Waals surface area contributed by atoms with Gasteiger partial charge in [0, 0.05) is 25.4 Å². The molecule has 1 saturated carbocycles. The number of ether oxygens (including phenoxy) is 5. The van der Waals surface area contributed by atoms with Crippen LogP contribution in [0.2, 0.25) is 0 Å². The maximum absolute atomic E-state index is 6.38. The zero-order chi connectivity index (χ0) is 20.6. The highest BCUT2D eigenvalue weighted by molar-refractivity contribution is 5.45. The Bertz CT molecular complexity index is 787. The van der Waals surface area contributed by atoms with Crippen LogP contribution in [0, 0.1) is 17.3 Å². The van der Waals surface area contributed by atoms with Crippen LogP contribution in [0.4, 0.5) is 0 Å². The molecule has 30 heavy (non-hydrogen) atoms. The summed E-state index contributed by atoms with van der Waals surface area (Å²) in [5.74, 6) is 0.277. The van der Waals surface area contributed by atoms with Gasteiger partial charge in [-0.2, -0.15) is 0 Å². The van der Waals surface area contributed by atoms with Crippen LogP contribution in [0.5, 0.6) is 0 Å². The third-order valence-corrected chi connectivity index (χ3v) is 9.68. The monoisotopic (exact) mass is 416 g/mol. The largest absolute Gasteiger partial charge is 0.372 e. The molecule has 0 aromatic carbocycles. The molecule has 0 N–H and O–H groups in total. The Labute approximate surface area is 180 Å². The average Bonchev–Trinajstić information content (AvgIpc) is 3.46. The Morgan fingerprint density at radius 3 is 2.40 bits per heavy atom. The van der Waals surface area contributed by atoms with Crippen molar-refractivity contribution in [2.24, 2.45) is 17.3 Å². The first-order chi connectivity index (χ1) is 14.5. The van der Waals surface area contributed by atoms with E-state index in [-0.39, 0.29) is 16.8 Å². The van der Waals surface area contributed by atoms with Gasteiger partial charge >= 0.3 is 0 Å². The molecule has 4 atom stereocenters. The third-order valence-electron chi connectivity index (χ3n) is 9.68. The first-order valence-electron chi connectivity index (χ1n) is 12.0. The number of methoxy groups -OCH3 is 1. The van der Waals surface area contributed by atoms with Crippen molar-refractivity contribution < 1.29 is 23.7 Å². The van der Waals surface area contributed by atoms with E-state index in [0.717, 1.165) is 45.3 Å². The van der Waals surface area contributed by atoms with Crippen LogP contribution >= 0.6 is 0 Å². The van der Waals surface area contributed by atoms with Gasteiger partial charge in [0.25, 0.3) is 0 Å². The Morgan fingerprint density at radius 1 is 0.933 bits per heavy atom. The molecule has 0 amide bonds. The Balaban J connectivity index is 1.35. The van der Waals surface area contributed by atoms with Gasteiger partial charge in [0.05, 0.1) is 26.4 Å². The van der Waals surface area contributed by atoms with Gasteiger partial charge in [-0.15, -0.1) is 0 Å². The van der Waals surface area contributed by atoms with Crippen LogP contribution in [0.1, 0.15) is 65.2 Å². The van der Waals surface area contributed by atoms with Crippen LogP contribution in [-0.4, -0.2) is 50.7 Å². The van der Waals surface area contributed by atoms with Crippen molar-refractivity contribution in [3.05, 3.63) is 22.8 Å². The minimum Gasteiger partial charge on any atom is -0.372 e. The molecule has 0 aromatic heterocycles. The molecule has 6 aliphatic rings. The van der Waals surface area contributed by atoms with Crippen molar-refractivity contribution in [3.8, 4) is 0 Å². The lowest BCUT2D eigenvalue weighted by Gasteiger charge is -2.56. The van der Waals surface area contributed by atoms with Gasteiger partial charge in [0.1, 0.15) is 5.60 Å². The van der Waals surface area contributed by atoms with E-state index in [4.69, 9.17) is 23.7 Å². The quantitative estimate of drug-likeness (QED) is 0.663. The average molecular weight is 417 g/mol. The van der Waals surface area contributed by atoms with Crippen molar-refractivity contribution in [3.63, 3.8) is 0 Å². The predicted octanol–water partition coefficient (Wildman–Crippen LogP) is 4.51. The molecule has 166 valence electrons. The predicted molar refractivity (Wildman–Crippen MR) is 112 cm³/mol. The van der Waals surface area contributed by atoms with Gasteiger partial charge in [-0.3, -0.25) is 0 Å². The highest BCUT2D eigenvalue weighted by Gasteiger charge is 2.70. The lowest BCUT2D eigenvalue weighted by molar-refractivity contribution is -0.302. The van der Waals surface area contributed by atoms with E-state index in [2.05, 4.69) is 19.9 Å². The van der Waals surface area contributed by atoms with E-state index in [1.54, 1.807) is 16.7 Å². The summed E-state index contributed by atoms with van der Waals surface area (Å²) in [6.07, 6.45) is 11.3. The molecular weight excluding hydrogens is 380 g/mol. The highest BCUT2D eigenvalue weighted by Crippen LogP contribution is 2.67. The summed E-state index contributed by atoms with van der Waals surface area (Å²) in [5.41, 5.74) is 4.50. The maximum atomic E-state index is 6.38. The van der Waals surface area contributed by atoms with E-state index in [1.165, 1.54) is 19.3 Å². The smallest absolute Gasteiger partial charge is 0.195 e. The number of allylic oxidation sites excluding steroid dienone is 3. The van der Waals surface area contributed by atoms with Crippen LogP contribution in [-0.2, 0) is 23.7 Å². The molecule has 4 aliphatic carbocycles. The zero-order valence-corrected chi connectivity index (χ0v) is 18.8. The number of hydrogen-bond acceptors (Lipinski definition) is 5. The van der Waals surface area contributed by atoms with Gasteiger partial charge < -0.3 is 23.7 Å². The fourth-order valence-electron chi connectivity index (χ4n) is 8.30. The second-order valence-corrected chi connectivity index (χ2v) is 10.6. The summed E-state index contributed by atoms with van der Waals surface area (Å²) < 4.78 is 30.9. The molecule has 5 heteroatoms. The van der Waals surface area contributed by atoms with Crippen LogP contribution in [0.15, 0.2) is 22.8 Å². The molecule has 2 saturated heterocycles. The standard InChI is InChI=1S/C25H36O5/c1-22-9-6-19-18-7-10-24(29-14-15-30-24)16-17(18)4-5-20(19)21(22)8-11-25(22,26-3)23(2)27-12-13-28-23/h6,20-21H,4-5,7-16H2,1-3H3/t20?,21?,22-,25+/m0/s1. The fourth-order valence-corrected chi connectivity index (χ4v) is 8.30. The van der Waals surface area contributed by atoms with E-state index in [9.17, 15) is 0 Å². The number of rotatable bonds is 2. The molecule has 0 bridgehead atoms.